The van der Waals surface area contributed by atoms with Crippen LogP contribution in [0, 0.1) is 5.92 Å². The Morgan fingerprint density at radius 3 is 2.17 bits per heavy atom. The Morgan fingerprint density at radius 2 is 1.71 bits per heavy atom. The van der Waals surface area contributed by atoms with Crippen LogP contribution in [0.15, 0.2) is 24.3 Å². The number of nitrogens with one attached hydrogen (secondary N) is 2. The number of phenols is 1. The fourth-order valence-corrected chi connectivity index (χ4v) is 2.20. The standard InChI is InChI=1S/C17H24N2O5/c1-10(2)15(17(23)24-4)19-16(22)14(18-11(3)20)9-12-5-7-13(21)8-6-12/h5-8,10,14-15,21H,9H2,1-4H3,(H,18,20)(H,19,22)/t14-,15+/m0/s1. The molecule has 0 unspecified atom stereocenters. The van der Waals surface area contributed by atoms with Gasteiger partial charge in [0.2, 0.25) is 11.8 Å². The Kier molecular flexibility index (Phi) is 7.23. The number of methoxy groups -OCH3 is 1. The summed E-state index contributed by atoms with van der Waals surface area (Å²) in [6, 6.07) is 4.71. The third-order valence-corrected chi connectivity index (χ3v) is 3.49. The van der Waals surface area contributed by atoms with Gasteiger partial charge < -0.3 is 20.5 Å². The first-order valence-electron chi connectivity index (χ1n) is 7.67. The van der Waals surface area contributed by atoms with Gasteiger partial charge in [0.25, 0.3) is 0 Å². The van der Waals surface area contributed by atoms with Crippen LogP contribution >= 0.6 is 0 Å². The Bertz CT molecular complexity index is 583. The number of esters is 1. The van der Waals surface area contributed by atoms with Crippen molar-refractivity contribution in [3.8, 4) is 5.75 Å². The van der Waals surface area contributed by atoms with E-state index in [0.29, 0.717) is 0 Å². The quantitative estimate of drug-likeness (QED) is 0.638. The summed E-state index contributed by atoms with van der Waals surface area (Å²) in [7, 11) is 1.26. The molecule has 1 rings (SSSR count). The summed E-state index contributed by atoms with van der Waals surface area (Å²) >= 11 is 0. The second-order valence-electron chi connectivity index (χ2n) is 5.88. The van der Waals surface area contributed by atoms with Gasteiger partial charge in [0.15, 0.2) is 0 Å². The number of amides is 2. The largest absolute Gasteiger partial charge is 0.508 e. The van der Waals surface area contributed by atoms with Crippen LogP contribution in [0.4, 0.5) is 0 Å². The lowest BCUT2D eigenvalue weighted by Crippen LogP contribution is -2.53. The minimum absolute atomic E-state index is 0.116. The van der Waals surface area contributed by atoms with E-state index in [9.17, 15) is 19.5 Å². The van der Waals surface area contributed by atoms with E-state index in [2.05, 4.69) is 10.6 Å². The fourth-order valence-electron chi connectivity index (χ4n) is 2.20. The topological polar surface area (TPSA) is 105 Å². The van der Waals surface area contributed by atoms with Crippen LogP contribution in [-0.2, 0) is 25.5 Å². The molecule has 132 valence electrons. The summed E-state index contributed by atoms with van der Waals surface area (Å²) in [5.41, 5.74) is 0.765. The molecule has 7 nitrogen and oxygen atoms in total. The van der Waals surface area contributed by atoms with Gasteiger partial charge in [0, 0.05) is 13.3 Å². The minimum Gasteiger partial charge on any atom is -0.508 e. The molecule has 0 aliphatic heterocycles. The Hall–Kier alpha value is -2.57. The van der Waals surface area contributed by atoms with Crippen LogP contribution in [0.5, 0.6) is 5.75 Å². The van der Waals surface area contributed by atoms with E-state index in [1.807, 2.05) is 0 Å². The predicted octanol–water partition coefficient (Wildman–Crippen LogP) is 0.753. The molecule has 2 atom stereocenters. The molecule has 2 amide bonds. The molecule has 0 saturated heterocycles. The van der Waals surface area contributed by atoms with Crippen LogP contribution in [0.2, 0.25) is 0 Å². The van der Waals surface area contributed by atoms with Crippen molar-refractivity contribution in [2.75, 3.05) is 7.11 Å². The van der Waals surface area contributed by atoms with Crippen LogP contribution in [0.1, 0.15) is 26.3 Å². The van der Waals surface area contributed by atoms with Crippen LogP contribution in [0.3, 0.4) is 0 Å². The number of hydrogen-bond donors (Lipinski definition) is 3. The highest BCUT2D eigenvalue weighted by atomic mass is 16.5. The average Bonchev–Trinajstić information content (AvgIpc) is 2.52. The number of aromatic hydroxyl groups is 1. The maximum Gasteiger partial charge on any atom is 0.328 e. The molecule has 0 radical (unpaired) electrons. The molecule has 0 heterocycles. The molecule has 7 heteroatoms. The van der Waals surface area contributed by atoms with E-state index < -0.39 is 24.0 Å². The van der Waals surface area contributed by atoms with E-state index in [0.717, 1.165) is 5.56 Å². The van der Waals surface area contributed by atoms with Crippen LogP contribution < -0.4 is 10.6 Å². The van der Waals surface area contributed by atoms with Gasteiger partial charge in [-0.2, -0.15) is 0 Å². The predicted molar refractivity (Wildman–Crippen MR) is 88.2 cm³/mol. The fraction of sp³-hybridized carbons (Fsp3) is 0.471. The molecular weight excluding hydrogens is 312 g/mol. The van der Waals surface area contributed by atoms with Gasteiger partial charge >= 0.3 is 5.97 Å². The molecule has 24 heavy (non-hydrogen) atoms. The maximum atomic E-state index is 12.5. The van der Waals surface area contributed by atoms with Gasteiger partial charge in [-0.1, -0.05) is 26.0 Å². The van der Waals surface area contributed by atoms with Gasteiger partial charge in [-0.3, -0.25) is 9.59 Å². The lowest BCUT2D eigenvalue weighted by Gasteiger charge is -2.24. The number of hydrogen-bond acceptors (Lipinski definition) is 5. The Labute approximate surface area is 141 Å². The van der Waals surface area contributed by atoms with Crippen LogP contribution in [-0.4, -0.2) is 42.1 Å². The van der Waals surface area contributed by atoms with Gasteiger partial charge in [-0.25, -0.2) is 4.79 Å². The number of benzene rings is 1. The van der Waals surface area contributed by atoms with E-state index in [-0.39, 0.29) is 24.0 Å². The van der Waals surface area contributed by atoms with Crippen molar-refractivity contribution >= 4 is 17.8 Å². The molecule has 0 aliphatic rings. The first kappa shape index (κ1) is 19.5. The molecule has 0 aromatic heterocycles. The van der Waals surface area contributed by atoms with Crippen molar-refractivity contribution in [1.29, 1.82) is 0 Å². The number of rotatable bonds is 7. The zero-order valence-electron chi connectivity index (χ0n) is 14.3. The van der Waals surface area contributed by atoms with Gasteiger partial charge in [-0.05, 0) is 23.6 Å². The zero-order chi connectivity index (χ0) is 18.3. The summed E-state index contributed by atoms with van der Waals surface area (Å²) < 4.78 is 4.70. The lowest BCUT2D eigenvalue weighted by molar-refractivity contribution is -0.146. The minimum atomic E-state index is -0.835. The molecule has 0 saturated carbocycles. The monoisotopic (exact) mass is 336 g/mol. The Balaban J connectivity index is 2.89. The number of carbonyl (C=O) groups excluding carboxylic acids is 3. The SMILES string of the molecule is COC(=O)[C@H](NC(=O)[C@H](Cc1ccc(O)cc1)NC(C)=O)C(C)C. The van der Waals surface area contributed by atoms with E-state index in [1.54, 1.807) is 26.0 Å². The first-order valence-corrected chi connectivity index (χ1v) is 7.67. The van der Waals surface area contributed by atoms with E-state index in [4.69, 9.17) is 4.74 Å². The van der Waals surface area contributed by atoms with Gasteiger partial charge in [0.05, 0.1) is 7.11 Å². The summed E-state index contributed by atoms with van der Waals surface area (Å²) in [6.07, 6.45) is 0.234. The summed E-state index contributed by atoms with van der Waals surface area (Å²) in [6.45, 7) is 4.89. The average molecular weight is 336 g/mol. The number of ether oxygens (including phenoxy) is 1. The van der Waals surface area contributed by atoms with Crippen molar-refractivity contribution in [1.82, 2.24) is 10.6 Å². The molecular formula is C17H24N2O5. The molecule has 1 aromatic carbocycles. The summed E-state index contributed by atoms with van der Waals surface area (Å²) in [5.74, 6) is -1.40. The summed E-state index contributed by atoms with van der Waals surface area (Å²) in [5, 5.41) is 14.5. The molecule has 0 aliphatic carbocycles. The van der Waals surface area contributed by atoms with E-state index in [1.165, 1.54) is 26.2 Å². The van der Waals surface area contributed by atoms with Crippen LogP contribution in [0.25, 0.3) is 0 Å². The van der Waals surface area contributed by atoms with Crippen molar-refractivity contribution in [3.05, 3.63) is 29.8 Å². The second kappa shape index (κ2) is 8.90. The van der Waals surface area contributed by atoms with Gasteiger partial charge in [-0.15, -0.1) is 0 Å². The highest BCUT2D eigenvalue weighted by Gasteiger charge is 2.29. The van der Waals surface area contributed by atoms with E-state index >= 15 is 0 Å². The summed E-state index contributed by atoms with van der Waals surface area (Å²) in [4.78, 5) is 35.7. The first-order chi connectivity index (χ1) is 11.2. The Morgan fingerprint density at radius 1 is 1.12 bits per heavy atom. The second-order valence-corrected chi connectivity index (χ2v) is 5.88. The van der Waals surface area contributed by atoms with Crippen molar-refractivity contribution in [3.63, 3.8) is 0 Å². The number of carbonyl (C=O) groups is 3. The van der Waals surface area contributed by atoms with Gasteiger partial charge in [0.1, 0.15) is 17.8 Å². The highest BCUT2D eigenvalue weighted by Crippen LogP contribution is 2.12. The van der Waals surface area contributed by atoms with Crippen molar-refractivity contribution < 1.29 is 24.2 Å². The molecule has 0 bridgehead atoms. The molecule has 0 fully saturated rings. The number of phenolic OH excluding ortho intramolecular Hbond substituents is 1. The normalized spacial score (nSPS) is 13.0. The highest BCUT2D eigenvalue weighted by molar-refractivity contribution is 5.90. The smallest absolute Gasteiger partial charge is 0.328 e. The molecule has 0 spiro atoms. The lowest BCUT2D eigenvalue weighted by atomic mass is 10.0. The van der Waals surface area contributed by atoms with Crippen molar-refractivity contribution in [2.24, 2.45) is 5.92 Å². The maximum absolute atomic E-state index is 12.5. The molecule has 1 aromatic rings. The third-order valence-electron chi connectivity index (χ3n) is 3.49. The molecule has 3 N–H and O–H groups in total. The zero-order valence-corrected chi connectivity index (χ0v) is 14.3. The third kappa shape index (κ3) is 5.91. The van der Waals surface area contributed by atoms with Crippen molar-refractivity contribution in [2.45, 2.75) is 39.3 Å².